The van der Waals surface area contributed by atoms with E-state index in [4.69, 9.17) is 4.74 Å². The Morgan fingerprint density at radius 1 is 1.57 bits per heavy atom. The fourth-order valence-electron chi connectivity index (χ4n) is 3.30. The third kappa shape index (κ3) is 0.744. The van der Waals surface area contributed by atoms with Crippen molar-refractivity contribution in [1.82, 2.24) is 4.90 Å². The van der Waals surface area contributed by atoms with Gasteiger partial charge >= 0.3 is 6.09 Å². The van der Waals surface area contributed by atoms with E-state index in [0.717, 1.165) is 6.42 Å². The molecular weight excluding hydrogens is 177 g/mol. The second-order valence-electron chi connectivity index (χ2n) is 5.37. The molecule has 3 aliphatic rings. The molecule has 3 nitrogen and oxygen atoms in total. The lowest BCUT2D eigenvalue weighted by Crippen LogP contribution is -2.39. The minimum Gasteiger partial charge on any atom is -0.444 e. The summed E-state index contributed by atoms with van der Waals surface area (Å²) in [6.45, 7) is 4.49. The molecule has 1 aliphatic carbocycles. The van der Waals surface area contributed by atoms with Crippen LogP contribution in [-0.4, -0.2) is 37.5 Å². The second kappa shape index (κ2) is 2.12. The molecule has 4 unspecified atom stereocenters. The summed E-state index contributed by atoms with van der Waals surface area (Å²) < 4.78 is 5.46. The molecule has 4 heteroatoms. The number of hydrogen-bond acceptors (Lipinski definition) is 2. The largest absolute Gasteiger partial charge is 0.444 e. The highest BCUT2D eigenvalue weighted by Gasteiger charge is 2.72. The summed E-state index contributed by atoms with van der Waals surface area (Å²) in [6.07, 6.45) is 2.21. The van der Waals surface area contributed by atoms with Gasteiger partial charge in [0.1, 0.15) is 13.4 Å². The zero-order valence-electron chi connectivity index (χ0n) is 8.91. The van der Waals surface area contributed by atoms with Gasteiger partial charge in [0.2, 0.25) is 0 Å². The molecule has 0 bridgehead atoms. The van der Waals surface area contributed by atoms with Crippen LogP contribution in [0.3, 0.4) is 0 Å². The maximum absolute atomic E-state index is 11.4. The van der Waals surface area contributed by atoms with Crippen LogP contribution in [-0.2, 0) is 4.74 Å². The first-order valence-corrected chi connectivity index (χ1v) is 5.28. The fourth-order valence-corrected chi connectivity index (χ4v) is 3.30. The number of nitrogens with zero attached hydrogens (tertiary/aromatic N) is 1. The highest BCUT2D eigenvalue weighted by atomic mass is 16.6. The number of fused-ring (bicyclic) bond motifs is 3. The Morgan fingerprint density at radius 3 is 3.00 bits per heavy atom. The maximum atomic E-state index is 11.4. The van der Waals surface area contributed by atoms with Crippen LogP contribution in [0.1, 0.15) is 26.7 Å². The van der Waals surface area contributed by atoms with Gasteiger partial charge in [-0.2, -0.15) is 0 Å². The lowest BCUT2D eigenvalue weighted by molar-refractivity contribution is 0.0894. The van der Waals surface area contributed by atoms with Crippen molar-refractivity contribution in [3.8, 4) is 0 Å². The van der Waals surface area contributed by atoms with Crippen LogP contribution in [0, 0.1) is 0 Å². The lowest BCUT2D eigenvalue weighted by Gasteiger charge is -2.36. The monoisotopic (exact) mass is 192 g/mol. The summed E-state index contributed by atoms with van der Waals surface area (Å²) in [7, 11) is 4.21. The van der Waals surface area contributed by atoms with E-state index in [9.17, 15) is 4.79 Å². The minimum absolute atomic E-state index is 0.0961. The Labute approximate surface area is 85.0 Å². The van der Waals surface area contributed by atoms with E-state index < -0.39 is 0 Å². The SMILES string of the molecule is CN1C(=O)OC2C1CCC1(C)[B]C21C. The van der Waals surface area contributed by atoms with E-state index in [1.54, 1.807) is 4.90 Å². The van der Waals surface area contributed by atoms with Gasteiger partial charge in [-0.3, -0.25) is 0 Å². The summed E-state index contributed by atoms with van der Waals surface area (Å²) >= 11 is 0. The van der Waals surface area contributed by atoms with Crippen LogP contribution in [0.5, 0.6) is 0 Å². The number of ether oxygens (including phenoxy) is 1. The van der Waals surface area contributed by atoms with E-state index in [2.05, 4.69) is 21.1 Å². The maximum Gasteiger partial charge on any atom is 0.410 e. The molecule has 1 saturated carbocycles. The predicted molar refractivity (Wildman–Crippen MR) is 53.5 cm³/mol. The molecular formula is C10H15BNO2. The highest BCUT2D eigenvalue weighted by molar-refractivity contribution is 6.60. The highest BCUT2D eigenvalue weighted by Crippen LogP contribution is 2.76. The van der Waals surface area contributed by atoms with Gasteiger partial charge in [0.25, 0.3) is 0 Å². The second-order valence-corrected chi connectivity index (χ2v) is 5.37. The average Bonchev–Trinajstić information content (AvgIpc) is 2.57. The van der Waals surface area contributed by atoms with Crippen molar-refractivity contribution >= 4 is 13.4 Å². The van der Waals surface area contributed by atoms with Gasteiger partial charge in [0.15, 0.2) is 0 Å². The standard InChI is InChI=1S/C10H15BNO2/c1-9-5-4-6-7(10(9,2)11-9)14-8(13)12(6)3/h6-7H,4-5H2,1-3H3. The average molecular weight is 192 g/mol. The molecule has 3 rings (SSSR count). The Morgan fingerprint density at radius 2 is 2.29 bits per heavy atom. The molecule has 75 valence electrons. The van der Waals surface area contributed by atoms with E-state index in [-0.39, 0.29) is 17.5 Å². The molecule has 2 aliphatic heterocycles. The molecule has 0 aromatic carbocycles. The first-order chi connectivity index (χ1) is 6.48. The first-order valence-electron chi connectivity index (χ1n) is 5.28. The number of likely N-dealkylation sites (N-methyl/N-ethyl adjacent to an activating group) is 1. The summed E-state index contributed by atoms with van der Waals surface area (Å²) in [5, 5.41) is 0.454. The number of carbonyl (C=O) groups excluding carboxylic acids is 1. The smallest absolute Gasteiger partial charge is 0.410 e. The van der Waals surface area contributed by atoms with Crippen molar-refractivity contribution in [2.75, 3.05) is 7.05 Å². The molecule has 14 heavy (non-hydrogen) atoms. The molecule has 2 saturated heterocycles. The molecule has 0 aromatic heterocycles. The molecule has 0 spiro atoms. The topological polar surface area (TPSA) is 29.5 Å². The first kappa shape index (κ1) is 8.63. The third-order valence-corrected chi connectivity index (χ3v) is 4.68. The van der Waals surface area contributed by atoms with Gasteiger partial charge in [-0.15, -0.1) is 0 Å². The van der Waals surface area contributed by atoms with Crippen molar-refractivity contribution in [1.29, 1.82) is 0 Å². The Balaban J connectivity index is 1.95. The number of carbonyl (C=O) groups is 1. The molecule has 3 fully saturated rings. The van der Waals surface area contributed by atoms with Crippen LogP contribution < -0.4 is 0 Å². The zero-order valence-corrected chi connectivity index (χ0v) is 8.91. The van der Waals surface area contributed by atoms with Crippen molar-refractivity contribution < 1.29 is 9.53 Å². The molecule has 1 amide bonds. The third-order valence-electron chi connectivity index (χ3n) is 4.68. The summed E-state index contributed by atoms with van der Waals surface area (Å²) in [5.41, 5.74) is 0. The van der Waals surface area contributed by atoms with Gasteiger partial charge in [0, 0.05) is 7.05 Å². The van der Waals surface area contributed by atoms with Crippen LogP contribution in [0.15, 0.2) is 0 Å². The summed E-state index contributed by atoms with van der Waals surface area (Å²) in [6, 6.07) is 0.305. The van der Waals surface area contributed by atoms with Crippen LogP contribution in [0.25, 0.3) is 0 Å². The fraction of sp³-hybridized carbons (Fsp3) is 0.900. The van der Waals surface area contributed by atoms with Crippen molar-refractivity contribution in [2.24, 2.45) is 0 Å². The van der Waals surface area contributed by atoms with Gasteiger partial charge in [-0.1, -0.05) is 25.6 Å². The summed E-state index contributed by atoms with van der Waals surface area (Å²) in [5.74, 6) is 0. The molecule has 2 heterocycles. The Bertz CT molecular complexity index is 321. The molecule has 1 radical (unpaired) electrons. The van der Waals surface area contributed by atoms with Crippen LogP contribution in [0.2, 0.25) is 10.6 Å². The van der Waals surface area contributed by atoms with Crippen molar-refractivity contribution in [3.05, 3.63) is 0 Å². The van der Waals surface area contributed by atoms with Gasteiger partial charge in [-0.25, -0.2) is 4.79 Å². The van der Waals surface area contributed by atoms with Crippen LogP contribution in [0.4, 0.5) is 4.79 Å². The van der Waals surface area contributed by atoms with Crippen molar-refractivity contribution in [2.45, 2.75) is 49.5 Å². The van der Waals surface area contributed by atoms with E-state index in [1.165, 1.54) is 6.42 Å². The quantitative estimate of drug-likeness (QED) is 0.546. The lowest BCUT2D eigenvalue weighted by atomic mass is 9.76. The summed E-state index contributed by atoms with van der Waals surface area (Å²) in [4.78, 5) is 13.2. The number of amides is 1. The van der Waals surface area contributed by atoms with E-state index >= 15 is 0 Å². The Kier molecular flexibility index (Phi) is 1.31. The van der Waals surface area contributed by atoms with Gasteiger partial charge in [0.05, 0.1) is 6.04 Å². The molecule has 0 aromatic rings. The molecule has 4 atom stereocenters. The van der Waals surface area contributed by atoms with Crippen LogP contribution >= 0.6 is 0 Å². The normalized spacial score (nSPS) is 54.5. The minimum atomic E-state index is -0.147. The van der Waals surface area contributed by atoms with Crippen molar-refractivity contribution in [3.63, 3.8) is 0 Å². The Hall–Kier alpha value is -0.665. The molecule has 0 N–H and O–H groups in total. The zero-order chi connectivity index (χ0) is 10.1. The van der Waals surface area contributed by atoms with Gasteiger partial charge < -0.3 is 9.64 Å². The number of hydrogen-bond donors (Lipinski definition) is 0. The van der Waals surface area contributed by atoms with E-state index in [0.29, 0.717) is 11.4 Å². The number of rotatable bonds is 0. The van der Waals surface area contributed by atoms with E-state index in [1.807, 2.05) is 7.05 Å². The van der Waals surface area contributed by atoms with Gasteiger partial charge in [-0.05, 0) is 11.7 Å². The predicted octanol–water partition coefficient (Wildman–Crippen LogP) is 1.67.